The molecule has 0 spiro atoms. The van der Waals surface area contributed by atoms with E-state index in [4.69, 9.17) is 0 Å². The number of rotatable bonds is 0. The second-order valence-corrected chi connectivity index (χ2v) is 2.42. The third kappa shape index (κ3) is 0.608. The van der Waals surface area contributed by atoms with Gasteiger partial charge in [0.15, 0.2) is 0 Å². The summed E-state index contributed by atoms with van der Waals surface area (Å²) in [5.41, 5.74) is 1.21. The minimum Gasteiger partial charge on any atom is -0.368 e. The molecule has 0 aliphatic carbocycles. The zero-order valence-electron chi connectivity index (χ0n) is 5.33. The highest BCUT2D eigenvalue weighted by molar-refractivity contribution is 5.83. The van der Waals surface area contributed by atoms with Crippen LogP contribution in [-0.4, -0.2) is 16.9 Å². The average Bonchev–Trinajstić information content (AvgIpc) is 2.22. The summed E-state index contributed by atoms with van der Waals surface area (Å²) in [6.07, 6.45) is 5.36. The summed E-state index contributed by atoms with van der Waals surface area (Å²) in [7, 11) is 0. The number of nitrogens with one attached hydrogen (secondary N) is 1. The second-order valence-electron chi connectivity index (χ2n) is 2.42. The lowest BCUT2D eigenvalue weighted by atomic mass is 10.3. The predicted octanol–water partition coefficient (Wildman–Crippen LogP) is 0.468. The first-order valence-corrected chi connectivity index (χ1v) is 3.11. The van der Waals surface area contributed by atoms with Crippen LogP contribution in [-0.2, 0) is 0 Å². The molecule has 1 atom stereocenters. The SMILES string of the molecule is CC1=NN2C=CNC2C1. The van der Waals surface area contributed by atoms with Crippen LogP contribution >= 0.6 is 0 Å². The van der Waals surface area contributed by atoms with Crippen molar-refractivity contribution in [1.29, 1.82) is 0 Å². The van der Waals surface area contributed by atoms with Gasteiger partial charge in [-0.3, -0.25) is 0 Å². The molecule has 1 unspecified atom stereocenters. The zero-order valence-corrected chi connectivity index (χ0v) is 5.33. The molecule has 0 fully saturated rings. The summed E-state index contributed by atoms with van der Waals surface area (Å²) in [4.78, 5) is 0. The van der Waals surface area contributed by atoms with Crippen molar-refractivity contribution in [1.82, 2.24) is 10.3 Å². The van der Waals surface area contributed by atoms with E-state index in [1.54, 1.807) is 0 Å². The van der Waals surface area contributed by atoms with Gasteiger partial charge in [-0.15, -0.1) is 0 Å². The number of nitrogens with zero attached hydrogens (tertiary/aromatic N) is 2. The van der Waals surface area contributed by atoms with Gasteiger partial charge in [0.1, 0.15) is 6.17 Å². The molecule has 0 aromatic heterocycles. The highest BCUT2D eigenvalue weighted by atomic mass is 15.5. The van der Waals surface area contributed by atoms with Crippen molar-refractivity contribution < 1.29 is 0 Å². The molecule has 1 N–H and O–H groups in total. The molecule has 0 amide bonds. The number of hydrogen-bond acceptors (Lipinski definition) is 3. The largest absolute Gasteiger partial charge is 0.368 e. The van der Waals surface area contributed by atoms with Crippen LogP contribution < -0.4 is 5.32 Å². The van der Waals surface area contributed by atoms with Crippen molar-refractivity contribution in [3.63, 3.8) is 0 Å². The van der Waals surface area contributed by atoms with Crippen LogP contribution in [0, 0.1) is 0 Å². The molecule has 2 aliphatic rings. The van der Waals surface area contributed by atoms with E-state index >= 15 is 0 Å². The van der Waals surface area contributed by atoms with Gasteiger partial charge in [0.05, 0.1) is 0 Å². The Morgan fingerprint density at radius 2 is 2.78 bits per heavy atom. The van der Waals surface area contributed by atoms with E-state index in [1.165, 1.54) is 5.71 Å². The Morgan fingerprint density at radius 1 is 1.89 bits per heavy atom. The standard InChI is InChI=1S/C6H9N3/c1-5-4-6-7-2-3-9(6)8-5/h2-3,6-7H,4H2,1H3. The lowest BCUT2D eigenvalue weighted by Crippen LogP contribution is -2.27. The van der Waals surface area contributed by atoms with Gasteiger partial charge in [0.25, 0.3) is 0 Å². The Kier molecular flexibility index (Phi) is 0.806. The van der Waals surface area contributed by atoms with E-state index in [1.807, 2.05) is 24.3 Å². The molecule has 0 bridgehead atoms. The van der Waals surface area contributed by atoms with Gasteiger partial charge in [0, 0.05) is 24.5 Å². The molecule has 2 rings (SSSR count). The van der Waals surface area contributed by atoms with E-state index in [0.29, 0.717) is 6.17 Å². The summed E-state index contributed by atoms with van der Waals surface area (Å²) in [5.74, 6) is 0. The van der Waals surface area contributed by atoms with Gasteiger partial charge >= 0.3 is 0 Å². The molecule has 3 nitrogen and oxygen atoms in total. The average molecular weight is 123 g/mol. The maximum Gasteiger partial charge on any atom is 0.125 e. The smallest absolute Gasteiger partial charge is 0.125 e. The first-order chi connectivity index (χ1) is 4.36. The normalized spacial score (nSPS) is 30.1. The van der Waals surface area contributed by atoms with E-state index in [-0.39, 0.29) is 0 Å². The van der Waals surface area contributed by atoms with Crippen molar-refractivity contribution in [2.45, 2.75) is 19.5 Å². The second kappa shape index (κ2) is 1.50. The molecule has 9 heavy (non-hydrogen) atoms. The molecule has 0 aromatic carbocycles. The predicted molar refractivity (Wildman–Crippen MR) is 35.6 cm³/mol. The number of hydrazone groups is 1. The Hall–Kier alpha value is -0.990. The summed E-state index contributed by atoms with van der Waals surface area (Å²) < 4.78 is 0. The summed E-state index contributed by atoms with van der Waals surface area (Å²) in [5, 5.41) is 9.38. The van der Waals surface area contributed by atoms with Crippen molar-refractivity contribution in [3.05, 3.63) is 12.4 Å². The lowest BCUT2D eigenvalue weighted by molar-refractivity contribution is 0.327. The van der Waals surface area contributed by atoms with Crippen LogP contribution in [0.2, 0.25) is 0 Å². The molecular formula is C6H9N3. The molecular weight excluding hydrogens is 114 g/mol. The van der Waals surface area contributed by atoms with E-state index < -0.39 is 0 Å². The van der Waals surface area contributed by atoms with Gasteiger partial charge in [-0.1, -0.05) is 0 Å². The van der Waals surface area contributed by atoms with Crippen LogP contribution in [0.25, 0.3) is 0 Å². The van der Waals surface area contributed by atoms with Crippen LogP contribution in [0.1, 0.15) is 13.3 Å². The summed E-state index contributed by atoms with van der Waals surface area (Å²) in [6.45, 7) is 2.05. The highest BCUT2D eigenvalue weighted by Crippen LogP contribution is 2.16. The molecule has 2 aliphatic heterocycles. The third-order valence-corrected chi connectivity index (χ3v) is 1.61. The van der Waals surface area contributed by atoms with Crippen LogP contribution in [0.4, 0.5) is 0 Å². The molecule has 0 radical (unpaired) electrons. The minimum atomic E-state index is 0.421. The zero-order chi connectivity index (χ0) is 6.27. The summed E-state index contributed by atoms with van der Waals surface area (Å²) in [6, 6.07) is 0. The fraction of sp³-hybridized carbons (Fsp3) is 0.500. The molecule has 48 valence electrons. The topological polar surface area (TPSA) is 27.6 Å². The maximum atomic E-state index is 4.25. The fourth-order valence-electron chi connectivity index (χ4n) is 1.18. The van der Waals surface area contributed by atoms with Gasteiger partial charge in [-0.25, -0.2) is 5.01 Å². The van der Waals surface area contributed by atoms with Crippen molar-refractivity contribution in [2.75, 3.05) is 0 Å². The number of hydrogen-bond donors (Lipinski definition) is 1. The van der Waals surface area contributed by atoms with Crippen molar-refractivity contribution in [2.24, 2.45) is 5.10 Å². The van der Waals surface area contributed by atoms with Gasteiger partial charge in [0.2, 0.25) is 0 Å². The first kappa shape index (κ1) is 4.85. The highest BCUT2D eigenvalue weighted by Gasteiger charge is 2.24. The Balaban J connectivity index is 2.21. The quantitative estimate of drug-likeness (QED) is 0.507. The van der Waals surface area contributed by atoms with E-state index in [9.17, 15) is 0 Å². The number of fused-ring (bicyclic) bond motifs is 1. The van der Waals surface area contributed by atoms with E-state index in [0.717, 1.165) is 6.42 Å². The fourth-order valence-corrected chi connectivity index (χ4v) is 1.18. The Labute approximate surface area is 54.0 Å². The van der Waals surface area contributed by atoms with Crippen molar-refractivity contribution in [3.8, 4) is 0 Å². The molecule has 3 heteroatoms. The maximum absolute atomic E-state index is 4.25. The minimum absolute atomic E-state index is 0.421. The van der Waals surface area contributed by atoms with Crippen LogP contribution in [0.3, 0.4) is 0 Å². The Bertz CT molecular complexity index is 183. The molecule has 2 heterocycles. The van der Waals surface area contributed by atoms with Gasteiger partial charge in [-0.05, 0) is 6.92 Å². The van der Waals surface area contributed by atoms with Gasteiger partial charge < -0.3 is 5.32 Å². The van der Waals surface area contributed by atoms with Crippen LogP contribution in [0.15, 0.2) is 17.5 Å². The molecule has 0 saturated carbocycles. The first-order valence-electron chi connectivity index (χ1n) is 3.11. The van der Waals surface area contributed by atoms with E-state index in [2.05, 4.69) is 10.4 Å². The summed E-state index contributed by atoms with van der Waals surface area (Å²) >= 11 is 0. The van der Waals surface area contributed by atoms with Crippen molar-refractivity contribution >= 4 is 5.71 Å². The third-order valence-electron chi connectivity index (χ3n) is 1.61. The Morgan fingerprint density at radius 3 is 3.56 bits per heavy atom. The monoisotopic (exact) mass is 123 g/mol. The lowest BCUT2D eigenvalue weighted by Gasteiger charge is -2.10. The molecule has 0 saturated heterocycles. The van der Waals surface area contributed by atoms with Crippen LogP contribution in [0.5, 0.6) is 0 Å². The molecule has 0 aromatic rings. The van der Waals surface area contributed by atoms with Gasteiger partial charge in [-0.2, -0.15) is 5.10 Å².